The number of rotatable bonds is 5. The number of hydrogen-bond acceptors (Lipinski definition) is 4. The normalized spacial score (nSPS) is 10.0. The Kier molecular flexibility index (Phi) is 4.35. The van der Waals surface area contributed by atoms with Gasteiger partial charge in [0.2, 0.25) is 0 Å². The number of methoxy groups -OCH3 is 3. The lowest BCUT2D eigenvalue weighted by Crippen LogP contribution is -1.95. The number of ether oxygens (including phenoxy) is 4. The molecule has 1 radical (unpaired) electrons. The van der Waals surface area contributed by atoms with Crippen molar-refractivity contribution in [1.82, 2.24) is 0 Å². The van der Waals surface area contributed by atoms with Gasteiger partial charge in [0.15, 0.2) is 23.0 Å². The maximum absolute atomic E-state index is 5.82. The fourth-order valence-electron chi connectivity index (χ4n) is 1.82. The third-order valence-electron chi connectivity index (χ3n) is 2.80. The number of benzene rings is 2. The van der Waals surface area contributed by atoms with E-state index in [4.69, 9.17) is 18.9 Å². The van der Waals surface area contributed by atoms with Crippen LogP contribution in [0.5, 0.6) is 28.7 Å². The highest BCUT2D eigenvalue weighted by molar-refractivity contribution is 5.55. The fraction of sp³-hybridized carbons (Fsp3) is 0.188. The van der Waals surface area contributed by atoms with E-state index < -0.39 is 0 Å². The van der Waals surface area contributed by atoms with Crippen molar-refractivity contribution in [3.8, 4) is 28.7 Å². The van der Waals surface area contributed by atoms with Crippen LogP contribution in [0.2, 0.25) is 0 Å². The van der Waals surface area contributed by atoms with Crippen LogP contribution < -0.4 is 18.9 Å². The van der Waals surface area contributed by atoms with Gasteiger partial charge in [0.1, 0.15) is 5.75 Å². The molecule has 0 spiro atoms. The highest BCUT2D eigenvalue weighted by Gasteiger charge is 2.13. The molecule has 0 aromatic heterocycles. The average Bonchev–Trinajstić information content (AvgIpc) is 2.46. The van der Waals surface area contributed by atoms with Crippen LogP contribution in [0.15, 0.2) is 36.4 Å². The summed E-state index contributed by atoms with van der Waals surface area (Å²) in [7, 11) is 4.72. The quantitative estimate of drug-likeness (QED) is 0.832. The largest absolute Gasteiger partial charge is 0.493 e. The van der Waals surface area contributed by atoms with Crippen molar-refractivity contribution in [2.24, 2.45) is 0 Å². The summed E-state index contributed by atoms with van der Waals surface area (Å²) in [6, 6.07) is 10.9. The predicted octanol–water partition coefficient (Wildman–Crippen LogP) is 3.69. The molecule has 2 rings (SSSR count). The summed E-state index contributed by atoms with van der Waals surface area (Å²) in [5, 5.41) is 0. The first kappa shape index (κ1) is 14.1. The van der Waals surface area contributed by atoms with Crippen LogP contribution in [0.1, 0.15) is 5.56 Å². The molecule has 0 saturated carbocycles. The second-order valence-corrected chi connectivity index (χ2v) is 4.11. The minimum absolute atomic E-state index is 0.552. The van der Waals surface area contributed by atoms with Gasteiger partial charge < -0.3 is 18.9 Å². The molecule has 0 saturated heterocycles. The van der Waals surface area contributed by atoms with Gasteiger partial charge in [-0.15, -0.1) is 0 Å². The maximum Gasteiger partial charge on any atom is 0.173 e. The first-order chi connectivity index (χ1) is 9.67. The van der Waals surface area contributed by atoms with Gasteiger partial charge in [-0.1, -0.05) is 12.1 Å². The summed E-state index contributed by atoms with van der Waals surface area (Å²) in [6.07, 6.45) is 0. The Morgan fingerprint density at radius 3 is 1.85 bits per heavy atom. The monoisotopic (exact) mass is 273 g/mol. The molecule has 0 unspecified atom stereocenters. The van der Waals surface area contributed by atoms with E-state index in [0.717, 1.165) is 5.56 Å². The zero-order valence-electron chi connectivity index (χ0n) is 11.8. The van der Waals surface area contributed by atoms with Gasteiger partial charge in [-0.05, 0) is 24.6 Å². The highest BCUT2D eigenvalue weighted by atomic mass is 16.5. The summed E-state index contributed by atoms with van der Waals surface area (Å²) in [5.74, 6) is 2.97. The molecule has 4 nitrogen and oxygen atoms in total. The lowest BCUT2D eigenvalue weighted by molar-refractivity contribution is 0.338. The summed E-state index contributed by atoms with van der Waals surface area (Å²) in [5.41, 5.74) is 0.877. The van der Waals surface area contributed by atoms with Crippen LogP contribution in [0.4, 0.5) is 0 Å². The number of hydrogen-bond donors (Lipinski definition) is 0. The van der Waals surface area contributed by atoms with Crippen LogP contribution in [-0.4, -0.2) is 21.3 Å². The average molecular weight is 273 g/mol. The Bertz CT molecular complexity index is 593. The Hall–Kier alpha value is -2.36. The lowest BCUT2D eigenvalue weighted by Gasteiger charge is -2.14. The molecule has 105 valence electrons. The van der Waals surface area contributed by atoms with E-state index in [-0.39, 0.29) is 0 Å². The minimum Gasteiger partial charge on any atom is -0.493 e. The summed E-state index contributed by atoms with van der Waals surface area (Å²) >= 11 is 0. The van der Waals surface area contributed by atoms with Crippen LogP contribution in [0.25, 0.3) is 0 Å². The molecule has 0 heterocycles. The van der Waals surface area contributed by atoms with E-state index in [2.05, 4.69) is 6.92 Å². The van der Waals surface area contributed by atoms with Crippen molar-refractivity contribution in [1.29, 1.82) is 0 Å². The second-order valence-electron chi connectivity index (χ2n) is 4.11. The molecule has 0 aliphatic rings. The summed E-state index contributed by atoms with van der Waals surface area (Å²) in [4.78, 5) is 0. The molecule has 4 heteroatoms. The molecule has 0 aliphatic carbocycles. The van der Waals surface area contributed by atoms with E-state index in [1.807, 2.05) is 24.3 Å². The SMILES string of the molecule is [CH2]c1cccc(Oc2cc(OC)c(OC)cc2OC)c1. The molecule has 0 N–H and O–H groups in total. The smallest absolute Gasteiger partial charge is 0.173 e. The van der Waals surface area contributed by atoms with Gasteiger partial charge in [0.05, 0.1) is 21.3 Å². The van der Waals surface area contributed by atoms with E-state index in [9.17, 15) is 0 Å². The van der Waals surface area contributed by atoms with Crippen LogP contribution in [-0.2, 0) is 0 Å². The van der Waals surface area contributed by atoms with Gasteiger partial charge in [0.25, 0.3) is 0 Å². The van der Waals surface area contributed by atoms with Crippen LogP contribution in [0.3, 0.4) is 0 Å². The Morgan fingerprint density at radius 2 is 1.30 bits per heavy atom. The van der Waals surface area contributed by atoms with Gasteiger partial charge in [-0.2, -0.15) is 0 Å². The molecular weight excluding hydrogens is 256 g/mol. The molecule has 0 bridgehead atoms. The van der Waals surface area contributed by atoms with Crippen molar-refractivity contribution >= 4 is 0 Å². The van der Waals surface area contributed by atoms with E-state index >= 15 is 0 Å². The maximum atomic E-state index is 5.82. The van der Waals surface area contributed by atoms with Crippen molar-refractivity contribution in [3.63, 3.8) is 0 Å². The zero-order chi connectivity index (χ0) is 14.5. The third kappa shape index (κ3) is 2.96. The first-order valence-corrected chi connectivity index (χ1v) is 6.07. The van der Waals surface area contributed by atoms with Crippen molar-refractivity contribution in [3.05, 3.63) is 48.9 Å². The lowest BCUT2D eigenvalue weighted by atomic mass is 10.2. The summed E-state index contributed by atoms with van der Waals surface area (Å²) in [6.45, 7) is 3.87. The van der Waals surface area contributed by atoms with E-state index in [1.54, 1.807) is 33.5 Å². The minimum atomic E-state index is 0.552. The molecule has 0 atom stereocenters. The van der Waals surface area contributed by atoms with Gasteiger partial charge in [-0.25, -0.2) is 0 Å². The van der Waals surface area contributed by atoms with Crippen molar-refractivity contribution in [2.75, 3.05) is 21.3 Å². The molecule has 0 fully saturated rings. The van der Waals surface area contributed by atoms with Crippen LogP contribution in [0, 0.1) is 6.92 Å². The summed E-state index contributed by atoms with van der Waals surface area (Å²) < 4.78 is 21.6. The first-order valence-electron chi connectivity index (χ1n) is 6.07. The Balaban J connectivity index is 2.39. The van der Waals surface area contributed by atoms with Crippen molar-refractivity contribution in [2.45, 2.75) is 0 Å². The molecule has 20 heavy (non-hydrogen) atoms. The Morgan fingerprint density at radius 1 is 0.750 bits per heavy atom. The third-order valence-corrected chi connectivity index (χ3v) is 2.80. The predicted molar refractivity (Wildman–Crippen MR) is 77.1 cm³/mol. The Labute approximate surface area is 118 Å². The van der Waals surface area contributed by atoms with E-state index in [1.165, 1.54) is 0 Å². The molecule has 0 aliphatic heterocycles. The second kappa shape index (κ2) is 6.19. The standard InChI is InChI=1S/C16H17O4/c1-11-6-5-7-12(8-11)20-16-10-14(18-3)13(17-2)9-15(16)19-4/h5-10H,1H2,2-4H3. The van der Waals surface area contributed by atoms with Crippen LogP contribution >= 0.6 is 0 Å². The molecule has 2 aromatic rings. The van der Waals surface area contributed by atoms with Crippen molar-refractivity contribution < 1.29 is 18.9 Å². The van der Waals surface area contributed by atoms with Gasteiger partial charge in [-0.3, -0.25) is 0 Å². The highest BCUT2D eigenvalue weighted by Crippen LogP contribution is 2.41. The van der Waals surface area contributed by atoms with E-state index in [0.29, 0.717) is 28.7 Å². The molecule has 2 aromatic carbocycles. The molecule has 0 amide bonds. The topological polar surface area (TPSA) is 36.9 Å². The zero-order valence-corrected chi connectivity index (χ0v) is 11.8. The fourth-order valence-corrected chi connectivity index (χ4v) is 1.82. The van der Waals surface area contributed by atoms with Gasteiger partial charge >= 0.3 is 0 Å². The van der Waals surface area contributed by atoms with Gasteiger partial charge in [0, 0.05) is 12.1 Å². The molecular formula is C16H17O4.